The minimum atomic E-state index is -5.06. The minimum Gasteiger partial charge on any atom is -0.508 e. The van der Waals surface area contributed by atoms with E-state index in [2.05, 4.69) is 0 Å². The molecule has 0 saturated carbocycles. The van der Waals surface area contributed by atoms with Crippen LogP contribution in [0.25, 0.3) is 0 Å². The lowest BCUT2D eigenvalue weighted by atomic mass is 9.83. The van der Waals surface area contributed by atoms with Crippen molar-refractivity contribution in [3.63, 3.8) is 0 Å². The smallest absolute Gasteiger partial charge is 0.283 e. The monoisotopic (exact) mass is 492 g/mol. The van der Waals surface area contributed by atoms with Crippen LogP contribution >= 0.6 is 46.4 Å². The lowest BCUT2D eigenvalue weighted by molar-refractivity contribution is 0.440. The zero-order chi connectivity index (χ0) is 21.6. The number of hydrogen-bond donors (Lipinski definition) is 3. The van der Waals surface area contributed by atoms with Gasteiger partial charge in [0.05, 0.1) is 5.02 Å². The summed E-state index contributed by atoms with van der Waals surface area (Å²) < 4.78 is 33.9. The number of rotatable bonds is 4. The number of halogens is 4. The molecule has 0 aliphatic rings. The van der Waals surface area contributed by atoms with Crippen LogP contribution in [0.2, 0.25) is 20.1 Å². The predicted octanol–water partition coefficient (Wildman–Crippen LogP) is 5.89. The summed E-state index contributed by atoms with van der Waals surface area (Å²) >= 11 is 24.1. The van der Waals surface area contributed by atoms with Crippen molar-refractivity contribution in [1.82, 2.24) is 0 Å². The van der Waals surface area contributed by atoms with Crippen LogP contribution in [0.3, 0.4) is 0 Å². The second-order valence-corrected chi connectivity index (χ2v) is 9.36. The van der Waals surface area contributed by atoms with E-state index in [1.165, 1.54) is 36.4 Å². The molecular formula is C19H12Cl4O5S. The first kappa shape index (κ1) is 22.0. The van der Waals surface area contributed by atoms with Crippen LogP contribution in [0.1, 0.15) is 16.7 Å². The van der Waals surface area contributed by atoms with Gasteiger partial charge >= 0.3 is 0 Å². The van der Waals surface area contributed by atoms with Crippen molar-refractivity contribution in [2.45, 2.75) is 4.75 Å². The SMILES string of the molecule is O=S(=O)(O)C(c1ccc(Cl)cc1)(c1ccc(Cl)cc1O)c1cc(Cl)c(O)cc1Cl. The van der Waals surface area contributed by atoms with E-state index in [0.717, 1.165) is 18.2 Å². The molecule has 29 heavy (non-hydrogen) atoms. The first-order valence-corrected chi connectivity index (χ1v) is 10.8. The molecule has 0 saturated heterocycles. The maximum Gasteiger partial charge on any atom is 0.283 e. The van der Waals surface area contributed by atoms with Crippen molar-refractivity contribution in [2.24, 2.45) is 0 Å². The standard InChI is InChI=1S/C19H12Cl4O5S/c20-11-3-1-10(2-4-11)19(29(26,27)28,13-6-5-12(21)7-17(13)24)14-8-16(23)18(25)9-15(14)22/h1-9,24-25H,(H,26,27,28). The van der Waals surface area contributed by atoms with Gasteiger partial charge in [0.15, 0.2) is 4.75 Å². The Hall–Kier alpha value is -1.67. The molecule has 0 radical (unpaired) electrons. The molecule has 0 heterocycles. The predicted molar refractivity (Wildman–Crippen MR) is 114 cm³/mol. The Kier molecular flexibility index (Phi) is 5.98. The summed E-state index contributed by atoms with van der Waals surface area (Å²) in [4.78, 5) is 0. The van der Waals surface area contributed by atoms with E-state index < -0.39 is 20.6 Å². The molecule has 3 aromatic rings. The van der Waals surface area contributed by atoms with Crippen LogP contribution < -0.4 is 0 Å². The normalized spacial score (nSPS) is 13.8. The molecule has 10 heteroatoms. The molecule has 1 atom stereocenters. The third kappa shape index (κ3) is 3.77. The molecule has 3 aromatic carbocycles. The average Bonchev–Trinajstić information content (AvgIpc) is 2.61. The Labute approximate surface area is 186 Å². The highest BCUT2D eigenvalue weighted by atomic mass is 35.5. The molecule has 0 amide bonds. The topological polar surface area (TPSA) is 94.8 Å². The zero-order valence-corrected chi connectivity index (χ0v) is 18.1. The van der Waals surface area contributed by atoms with Crippen molar-refractivity contribution in [3.8, 4) is 11.5 Å². The Balaban J connectivity index is 2.58. The fourth-order valence-electron chi connectivity index (χ4n) is 3.18. The van der Waals surface area contributed by atoms with Crippen LogP contribution in [0.4, 0.5) is 0 Å². The van der Waals surface area contributed by atoms with E-state index >= 15 is 0 Å². The van der Waals surface area contributed by atoms with E-state index in [1.54, 1.807) is 0 Å². The van der Waals surface area contributed by atoms with E-state index in [0.29, 0.717) is 5.02 Å². The van der Waals surface area contributed by atoms with Crippen molar-refractivity contribution in [2.75, 3.05) is 0 Å². The van der Waals surface area contributed by atoms with Crippen LogP contribution in [0.5, 0.6) is 11.5 Å². The second-order valence-electron chi connectivity index (χ2n) is 6.11. The first-order valence-electron chi connectivity index (χ1n) is 7.89. The molecule has 0 aliphatic heterocycles. The van der Waals surface area contributed by atoms with Gasteiger partial charge in [-0.2, -0.15) is 8.42 Å². The maximum absolute atomic E-state index is 12.9. The van der Waals surface area contributed by atoms with Crippen LogP contribution in [0, 0.1) is 0 Å². The molecule has 3 N–H and O–H groups in total. The van der Waals surface area contributed by atoms with Crippen LogP contribution in [0.15, 0.2) is 54.6 Å². The van der Waals surface area contributed by atoms with E-state index in [-0.39, 0.29) is 37.5 Å². The van der Waals surface area contributed by atoms with Gasteiger partial charge in [-0.3, -0.25) is 4.55 Å². The van der Waals surface area contributed by atoms with Gasteiger partial charge in [-0.1, -0.05) is 64.6 Å². The van der Waals surface area contributed by atoms with Gasteiger partial charge in [-0.15, -0.1) is 0 Å². The largest absolute Gasteiger partial charge is 0.508 e. The van der Waals surface area contributed by atoms with Crippen LogP contribution in [-0.2, 0) is 14.9 Å². The summed E-state index contributed by atoms with van der Waals surface area (Å²) in [6.45, 7) is 0. The third-order valence-electron chi connectivity index (χ3n) is 4.39. The van der Waals surface area contributed by atoms with Gasteiger partial charge in [0.1, 0.15) is 11.5 Å². The van der Waals surface area contributed by atoms with Crippen molar-refractivity contribution in [3.05, 3.63) is 91.4 Å². The molecule has 0 aliphatic carbocycles. The van der Waals surface area contributed by atoms with Crippen LogP contribution in [-0.4, -0.2) is 23.2 Å². The zero-order valence-electron chi connectivity index (χ0n) is 14.3. The average molecular weight is 494 g/mol. The Morgan fingerprint density at radius 1 is 0.690 bits per heavy atom. The van der Waals surface area contributed by atoms with Gasteiger partial charge in [0, 0.05) is 32.3 Å². The van der Waals surface area contributed by atoms with Gasteiger partial charge in [0.2, 0.25) is 0 Å². The Morgan fingerprint density at radius 3 is 1.83 bits per heavy atom. The van der Waals surface area contributed by atoms with Gasteiger partial charge < -0.3 is 10.2 Å². The first-order chi connectivity index (χ1) is 13.5. The molecule has 5 nitrogen and oxygen atoms in total. The van der Waals surface area contributed by atoms with E-state index in [1.807, 2.05) is 0 Å². The highest BCUT2D eigenvalue weighted by Crippen LogP contribution is 2.51. The van der Waals surface area contributed by atoms with Gasteiger partial charge in [-0.25, -0.2) is 0 Å². The summed E-state index contributed by atoms with van der Waals surface area (Å²) in [5.74, 6) is -0.897. The van der Waals surface area contributed by atoms with Crippen molar-refractivity contribution >= 4 is 56.5 Å². The lowest BCUT2D eigenvalue weighted by Gasteiger charge is -2.34. The number of phenolic OH excluding ortho intramolecular Hbond substituents is 2. The van der Waals surface area contributed by atoms with E-state index in [4.69, 9.17) is 46.4 Å². The molecule has 0 spiro atoms. The van der Waals surface area contributed by atoms with Gasteiger partial charge in [-0.05, 0) is 35.9 Å². The summed E-state index contributed by atoms with van der Waals surface area (Å²) in [6, 6.07) is 11.4. The Bertz CT molecular complexity index is 1200. The van der Waals surface area contributed by atoms with E-state index in [9.17, 15) is 23.2 Å². The minimum absolute atomic E-state index is 0.0191. The summed E-state index contributed by atoms with van der Waals surface area (Å²) in [7, 11) is -5.06. The highest BCUT2D eigenvalue weighted by Gasteiger charge is 2.51. The van der Waals surface area contributed by atoms with Gasteiger partial charge in [0.25, 0.3) is 10.1 Å². The molecule has 0 aromatic heterocycles. The van der Waals surface area contributed by atoms with Crippen molar-refractivity contribution < 1.29 is 23.2 Å². The summed E-state index contributed by atoms with van der Waals surface area (Å²) in [5.41, 5.74) is -0.398. The molecule has 1 unspecified atom stereocenters. The number of hydrogen-bond acceptors (Lipinski definition) is 4. The molecule has 0 fully saturated rings. The lowest BCUT2D eigenvalue weighted by Crippen LogP contribution is -2.38. The number of phenols is 2. The summed E-state index contributed by atoms with van der Waals surface area (Å²) in [6.07, 6.45) is 0. The number of aromatic hydroxyl groups is 2. The second kappa shape index (κ2) is 7.87. The number of benzene rings is 3. The summed E-state index contributed by atoms with van der Waals surface area (Å²) in [5, 5.41) is 20.5. The molecular weight excluding hydrogens is 482 g/mol. The Morgan fingerprint density at radius 2 is 1.28 bits per heavy atom. The third-order valence-corrected chi connectivity index (χ3v) is 6.94. The quantitative estimate of drug-likeness (QED) is 0.311. The fraction of sp³-hybridized carbons (Fsp3) is 0.0526. The fourth-order valence-corrected chi connectivity index (χ4v) is 5.32. The highest BCUT2D eigenvalue weighted by molar-refractivity contribution is 7.87. The molecule has 3 rings (SSSR count). The molecule has 152 valence electrons. The molecule has 0 bridgehead atoms. The van der Waals surface area contributed by atoms with Crippen molar-refractivity contribution in [1.29, 1.82) is 0 Å². The maximum atomic E-state index is 12.9.